The Balaban J connectivity index is 2.18. The minimum Gasteiger partial charge on any atom is -0.328 e. The van der Waals surface area contributed by atoms with E-state index in [1.165, 1.54) is 4.88 Å². The van der Waals surface area contributed by atoms with E-state index in [0.29, 0.717) is 6.54 Å². The van der Waals surface area contributed by atoms with Crippen LogP contribution in [0.3, 0.4) is 0 Å². The van der Waals surface area contributed by atoms with Gasteiger partial charge in [-0.2, -0.15) is 0 Å². The molecular weight excluding hydrogens is 278 g/mol. The van der Waals surface area contributed by atoms with Crippen LogP contribution in [-0.4, -0.2) is 16.1 Å². The van der Waals surface area contributed by atoms with Crippen LogP contribution < -0.4 is 5.73 Å². The van der Waals surface area contributed by atoms with E-state index in [0.717, 1.165) is 21.2 Å². The second-order valence-corrected chi connectivity index (χ2v) is 6.16. The van der Waals surface area contributed by atoms with Crippen LogP contribution in [0, 0.1) is 6.92 Å². The number of fused-ring (bicyclic) bond motifs is 1. The van der Waals surface area contributed by atoms with E-state index in [1.54, 1.807) is 11.3 Å². The van der Waals surface area contributed by atoms with Gasteiger partial charge in [0, 0.05) is 11.4 Å². The van der Waals surface area contributed by atoms with Crippen LogP contribution in [0.4, 0.5) is 0 Å². The van der Waals surface area contributed by atoms with Crippen molar-refractivity contribution in [3.63, 3.8) is 0 Å². The third kappa shape index (κ3) is 2.16. The van der Waals surface area contributed by atoms with E-state index in [1.807, 2.05) is 37.3 Å². The predicted octanol–water partition coefficient (Wildman–Crippen LogP) is 3.61. The molecule has 3 nitrogen and oxygen atoms in total. The average Bonchev–Trinajstić information content (AvgIpc) is 2.96. The summed E-state index contributed by atoms with van der Waals surface area (Å²) >= 11 is 7.61. The van der Waals surface area contributed by atoms with Crippen LogP contribution in [0.25, 0.3) is 11.0 Å². The number of hydrogen-bond donors (Lipinski definition) is 1. The highest BCUT2D eigenvalue weighted by molar-refractivity contribution is 7.16. The van der Waals surface area contributed by atoms with Crippen molar-refractivity contribution < 1.29 is 0 Å². The van der Waals surface area contributed by atoms with Crippen molar-refractivity contribution in [3.8, 4) is 0 Å². The molecule has 3 rings (SSSR count). The largest absolute Gasteiger partial charge is 0.328 e. The first-order chi connectivity index (χ1) is 9.20. The molecule has 0 fully saturated rings. The third-order valence-corrected chi connectivity index (χ3v) is 4.56. The Kier molecular flexibility index (Phi) is 3.31. The number of rotatable bonds is 3. The second-order valence-electron chi connectivity index (χ2n) is 4.41. The Morgan fingerprint density at radius 3 is 2.79 bits per heavy atom. The summed E-state index contributed by atoms with van der Waals surface area (Å²) in [4.78, 5) is 5.76. The van der Waals surface area contributed by atoms with Crippen LogP contribution in [-0.2, 0) is 0 Å². The number of halogens is 1. The van der Waals surface area contributed by atoms with Crippen molar-refractivity contribution in [2.45, 2.75) is 13.0 Å². The molecule has 2 heterocycles. The summed E-state index contributed by atoms with van der Waals surface area (Å²) in [6, 6.07) is 12.2. The average molecular weight is 292 g/mol. The molecule has 0 aliphatic heterocycles. The van der Waals surface area contributed by atoms with Gasteiger partial charge < -0.3 is 10.3 Å². The predicted molar refractivity (Wildman–Crippen MR) is 81.0 cm³/mol. The molecule has 0 saturated heterocycles. The van der Waals surface area contributed by atoms with Gasteiger partial charge in [0.05, 0.1) is 21.4 Å². The SMILES string of the molecule is Cc1nc2ccccc2n1C(CN)c1ccc(Cl)s1. The number of nitrogens with zero attached hydrogens (tertiary/aromatic N) is 2. The van der Waals surface area contributed by atoms with Crippen molar-refractivity contribution in [1.82, 2.24) is 9.55 Å². The number of benzene rings is 1. The second kappa shape index (κ2) is 4.96. The van der Waals surface area contributed by atoms with E-state index in [-0.39, 0.29) is 6.04 Å². The zero-order valence-corrected chi connectivity index (χ0v) is 12.1. The molecule has 0 amide bonds. The van der Waals surface area contributed by atoms with Crippen LogP contribution in [0.5, 0.6) is 0 Å². The van der Waals surface area contributed by atoms with Crippen LogP contribution in [0.2, 0.25) is 4.34 Å². The van der Waals surface area contributed by atoms with E-state index in [4.69, 9.17) is 17.3 Å². The molecular formula is C14H14ClN3S. The lowest BCUT2D eigenvalue weighted by Gasteiger charge is -2.18. The first-order valence-corrected chi connectivity index (χ1v) is 7.29. The lowest BCUT2D eigenvalue weighted by atomic mass is 10.2. The number of imidazole rings is 1. The number of aryl methyl sites for hydroxylation is 1. The van der Waals surface area contributed by atoms with Gasteiger partial charge in [0.25, 0.3) is 0 Å². The molecule has 0 radical (unpaired) electrons. The van der Waals surface area contributed by atoms with Gasteiger partial charge in [-0.15, -0.1) is 11.3 Å². The summed E-state index contributed by atoms with van der Waals surface area (Å²) in [5.74, 6) is 0.973. The zero-order valence-electron chi connectivity index (χ0n) is 10.5. The smallest absolute Gasteiger partial charge is 0.107 e. The molecule has 19 heavy (non-hydrogen) atoms. The fraction of sp³-hybridized carbons (Fsp3) is 0.214. The van der Waals surface area contributed by atoms with Gasteiger partial charge in [0.1, 0.15) is 5.82 Å². The molecule has 3 aromatic rings. The summed E-state index contributed by atoms with van der Waals surface area (Å²) < 4.78 is 2.98. The van der Waals surface area contributed by atoms with Gasteiger partial charge in [-0.25, -0.2) is 4.98 Å². The molecule has 2 N–H and O–H groups in total. The van der Waals surface area contributed by atoms with E-state index >= 15 is 0 Å². The third-order valence-electron chi connectivity index (χ3n) is 3.23. The number of hydrogen-bond acceptors (Lipinski definition) is 3. The summed E-state index contributed by atoms with van der Waals surface area (Å²) in [5.41, 5.74) is 8.09. The molecule has 5 heteroatoms. The maximum absolute atomic E-state index is 6.03. The quantitative estimate of drug-likeness (QED) is 0.801. The summed E-state index contributed by atoms with van der Waals surface area (Å²) in [6.07, 6.45) is 0. The minimum absolute atomic E-state index is 0.0879. The molecule has 98 valence electrons. The normalized spacial score (nSPS) is 13.0. The first kappa shape index (κ1) is 12.7. The van der Waals surface area contributed by atoms with Gasteiger partial charge >= 0.3 is 0 Å². The van der Waals surface area contributed by atoms with Crippen molar-refractivity contribution in [2.24, 2.45) is 5.73 Å². The Morgan fingerprint density at radius 1 is 1.32 bits per heavy atom. The fourth-order valence-corrected chi connectivity index (χ4v) is 3.58. The zero-order chi connectivity index (χ0) is 13.4. The van der Waals surface area contributed by atoms with E-state index in [9.17, 15) is 0 Å². The number of thiophene rings is 1. The van der Waals surface area contributed by atoms with Crippen LogP contribution in [0.1, 0.15) is 16.7 Å². The minimum atomic E-state index is 0.0879. The van der Waals surface area contributed by atoms with Crippen LogP contribution in [0.15, 0.2) is 36.4 Å². The van der Waals surface area contributed by atoms with Crippen LogP contribution >= 0.6 is 22.9 Å². The lowest BCUT2D eigenvalue weighted by molar-refractivity contribution is 0.604. The van der Waals surface area contributed by atoms with Crippen molar-refractivity contribution >= 4 is 34.0 Å². The molecule has 2 aromatic heterocycles. The standard InChI is InChI=1S/C14H14ClN3S/c1-9-17-10-4-2-3-5-11(10)18(9)12(8-16)13-6-7-14(15)19-13/h2-7,12H,8,16H2,1H3. The Hall–Kier alpha value is -1.36. The summed E-state index contributed by atoms with van der Waals surface area (Å²) in [6.45, 7) is 2.54. The Morgan fingerprint density at radius 2 is 2.11 bits per heavy atom. The highest BCUT2D eigenvalue weighted by atomic mass is 35.5. The van der Waals surface area contributed by atoms with Gasteiger partial charge in [0.15, 0.2) is 0 Å². The number of para-hydroxylation sites is 2. The van der Waals surface area contributed by atoms with Crippen molar-refractivity contribution in [3.05, 3.63) is 51.4 Å². The molecule has 1 aromatic carbocycles. The molecule has 0 spiro atoms. The summed E-state index contributed by atoms with van der Waals surface area (Å²) in [5, 5.41) is 0. The Labute approximate surface area is 120 Å². The van der Waals surface area contributed by atoms with Crippen molar-refractivity contribution in [2.75, 3.05) is 6.54 Å². The van der Waals surface area contributed by atoms with Gasteiger partial charge in [0.2, 0.25) is 0 Å². The fourth-order valence-electron chi connectivity index (χ4n) is 2.41. The Bertz CT molecular complexity index is 716. The van der Waals surface area contributed by atoms with E-state index < -0.39 is 0 Å². The number of nitrogens with two attached hydrogens (primary N) is 1. The highest BCUT2D eigenvalue weighted by Gasteiger charge is 2.19. The monoisotopic (exact) mass is 291 g/mol. The van der Waals surface area contributed by atoms with Gasteiger partial charge in [-0.3, -0.25) is 0 Å². The molecule has 0 aliphatic carbocycles. The lowest BCUT2D eigenvalue weighted by Crippen LogP contribution is -2.20. The van der Waals surface area contributed by atoms with Gasteiger partial charge in [-0.05, 0) is 31.2 Å². The topological polar surface area (TPSA) is 43.8 Å². The number of aromatic nitrogens is 2. The highest BCUT2D eigenvalue weighted by Crippen LogP contribution is 2.31. The molecule has 1 unspecified atom stereocenters. The molecule has 1 atom stereocenters. The molecule has 0 saturated carbocycles. The molecule has 0 bridgehead atoms. The maximum atomic E-state index is 6.03. The first-order valence-electron chi connectivity index (χ1n) is 6.09. The van der Waals surface area contributed by atoms with E-state index in [2.05, 4.69) is 15.6 Å². The van der Waals surface area contributed by atoms with Gasteiger partial charge in [-0.1, -0.05) is 23.7 Å². The summed E-state index contributed by atoms with van der Waals surface area (Å²) in [7, 11) is 0. The molecule has 0 aliphatic rings. The van der Waals surface area contributed by atoms with Crippen molar-refractivity contribution in [1.29, 1.82) is 0 Å². The maximum Gasteiger partial charge on any atom is 0.107 e.